The maximum absolute atomic E-state index is 5.87. The van der Waals surface area contributed by atoms with Crippen LogP contribution in [0.15, 0.2) is 18.2 Å². The summed E-state index contributed by atoms with van der Waals surface area (Å²) in [4.78, 5) is 0. The van der Waals surface area contributed by atoms with Crippen LogP contribution in [-0.2, 0) is 5.41 Å². The van der Waals surface area contributed by atoms with Crippen molar-refractivity contribution in [3.05, 3.63) is 29.3 Å². The van der Waals surface area contributed by atoms with Crippen LogP contribution in [0.4, 0.5) is 0 Å². The van der Waals surface area contributed by atoms with Gasteiger partial charge in [0.2, 0.25) is 0 Å². The highest BCUT2D eigenvalue weighted by Crippen LogP contribution is 2.56. The van der Waals surface area contributed by atoms with Crippen LogP contribution in [0, 0.1) is 0 Å². The fourth-order valence-electron chi connectivity index (χ4n) is 2.44. The SMILES string of the molecule is CC.CC(C)c1cccc2c1OCC21CC1. The lowest BCUT2D eigenvalue weighted by Crippen LogP contribution is -2.06. The average molecular weight is 218 g/mol. The van der Waals surface area contributed by atoms with Crippen molar-refractivity contribution in [2.24, 2.45) is 0 Å². The van der Waals surface area contributed by atoms with Gasteiger partial charge in [0.25, 0.3) is 0 Å². The Kier molecular flexibility index (Phi) is 2.96. The Morgan fingerprint density at radius 2 is 1.88 bits per heavy atom. The second kappa shape index (κ2) is 4.12. The van der Waals surface area contributed by atoms with Crippen molar-refractivity contribution in [2.45, 2.75) is 51.9 Å². The largest absolute Gasteiger partial charge is 0.492 e. The zero-order valence-corrected chi connectivity index (χ0v) is 10.8. The Labute approximate surface area is 98.8 Å². The fourth-order valence-corrected chi connectivity index (χ4v) is 2.44. The maximum Gasteiger partial charge on any atom is 0.126 e. The first-order valence-corrected chi connectivity index (χ1v) is 6.49. The molecule has 0 unspecified atom stereocenters. The molecule has 1 heteroatoms. The van der Waals surface area contributed by atoms with E-state index in [9.17, 15) is 0 Å². The molecule has 0 saturated heterocycles. The van der Waals surface area contributed by atoms with E-state index >= 15 is 0 Å². The molecule has 0 aromatic heterocycles. The van der Waals surface area contributed by atoms with Crippen molar-refractivity contribution in [2.75, 3.05) is 6.61 Å². The van der Waals surface area contributed by atoms with Gasteiger partial charge in [-0.25, -0.2) is 0 Å². The number of hydrogen-bond acceptors (Lipinski definition) is 1. The summed E-state index contributed by atoms with van der Waals surface area (Å²) in [5.74, 6) is 1.76. The van der Waals surface area contributed by atoms with Crippen LogP contribution in [0.3, 0.4) is 0 Å². The quantitative estimate of drug-likeness (QED) is 0.684. The minimum Gasteiger partial charge on any atom is -0.492 e. The van der Waals surface area contributed by atoms with Crippen molar-refractivity contribution < 1.29 is 4.74 Å². The van der Waals surface area contributed by atoms with Gasteiger partial charge in [-0.3, -0.25) is 0 Å². The van der Waals surface area contributed by atoms with E-state index in [1.165, 1.54) is 29.7 Å². The van der Waals surface area contributed by atoms with Gasteiger partial charge in [-0.1, -0.05) is 45.9 Å². The highest BCUT2D eigenvalue weighted by Gasteiger charge is 2.51. The molecule has 1 spiro atoms. The molecule has 0 amide bonds. The monoisotopic (exact) mass is 218 g/mol. The van der Waals surface area contributed by atoms with Crippen LogP contribution < -0.4 is 4.74 Å². The van der Waals surface area contributed by atoms with Crippen LogP contribution in [0.2, 0.25) is 0 Å². The van der Waals surface area contributed by atoms with E-state index < -0.39 is 0 Å². The van der Waals surface area contributed by atoms with E-state index in [1.54, 1.807) is 0 Å². The molecular formula is C15H22O. The molecule has 16 heavy (non-hydrogen) atoms. The number of para-hydroxylation sites is 1. The number of benzene rings is 1. The predicted octanol–water partition coefficient (Wildman–Crippen LogP) is 4.26. The van der Waals surface area contributed by atoms with E-state index in [2.05, 4.69) is 32.0 Å². The van der Waals surface area contributed by atoms with Gasteiger partial charge in [-0.2, -0.15) is 0 Å². The van der Waals surface area contributed by atoms with Crippen LogP contribution in [0.25, 0.3) is 0 Å². The molecule has 1 aromatic carbocycles. The normalized spacial score (nSPS) is 18.8. The molecule has 2 aliphatic rings. The molecule has 1 heterocycles. The molecule has 3 rings (SSSR count). The van der Waals surface area contributed by atoms with Crippen molar-refractivity contribution >= 4 is 0 Å². The van der Waals surface area contributed by atoms with E-state index in [1.807, 2.05) is 13.8 Å². The summed E-state index contributed by atoms with van der Waals surface area (Å²) in [6.07, 6.45) is 2.64. The van der Waals surface area contributed by atoms with Crippen LogP contribution in [-0.4, -0.2) is 6.61 Å². The molecule has 1 aliphatic carbocycles. The molecule has 0 atom stereocenters. The van der Waals surface area contributed by atoms with Gasteiger partial charge < -0.3 is 4.74 Å². The fraction of sp³-hybridized carbons (Fsp3) is 0.600. The summed E-state index contributed by atoms with van der Waals surface area (Å²) in [6, 6.07) is 6.63. The first kappa shape index (κ1) is 11.5. The molecule has 1 aromatic rings. The summed E-state index contributed by atoms with van der Waals surface area (Å²) >= 11 is 0. The third-order valence-electron chi connectivity index (χ3n) is 3.59. The van der Waals surface area contributed by atoms with Gasteiger partial charge in [0.15, 0.2) is 0 Å². The van der Waals surface area contributed by atoms with Crippen LogP contribution >= 0.6 is 0 Å². The third-order valence-corrected chi connectivity index (χ3v) is 3.59. The highest BCUT2D eigenvalue weighted by molar-refractivity contribution is 5.52. The Balaban J connectivity index is 0.000000457. The maximum atomic E-state index is 5.87. The van der Waals surface area contributed by atoms with Gasteiger partial charge in [0.05, 0.1) is 6.61 Å². The predicted molar refractivity (Wildman–Crippen MR) is 68.3 cm³/mol. The van der Waals surface area contributed by atoms with E-state index in [0.717, 1.165) is 6.61 Å². The lowest BCUT2D eigenvalue weighted by molar-refractivity contribution is 0.320. The molecule has 1 saturated carbocycles. The zero-order chi connectivity index (χ0) is 11.8. The number of fused-ring (bicyclic) bond motifs is 2. The van der Waals surface area contributed by atoms with Gasteiger partial charge >= 0.3 is 0 Å². The smallest absolute Gasteiger partial charge is 0.126 e. The lowest BCUT2D eigenvalue weighted by Gasteiger charge is -2.10. The molecule has 1 aliphatic heterocycles. The summed E-state index contributed by atoms with van der Waals surface area (Å²) in [5, 5.41) is 0. The number of hydrogen-bond donors (Lipinski definition) is 0. The van der Waals surface area contributed by atoms with Crippen molar-refractivity contribution in [3.8, 4) is 5.75 Å². The third kappa shape index (κ3) is 1.63. The van der Waals surface area contributed by atoms with Gasteiger partial charge in [-0.05, 0) is 24.3 Å². The number of rotatable bonds is 1. The number of ether oxygens (including phenoxy) is 1. The van der Waals surface area contributed by atoms with Gasteiger partial charge in [0.1, 0.15) is 5.75 Å². The summed E-state index contributed by atoms with van der Waals surface area (Å²) in [7, 11) is 0. The first-order valence-electron chi connectivity index (χ1n) is 6.49. The second-order valence-corrected chi connectivity index (χ2v) is 4.95. The van der Waals surface area contributed by atoms with Crippen molar-refractivity contribution in [1.82, 2.24) is 0 Å². The van der Waals surface area contributed by atoms with Crippen molar-refractivity contribution in [3.63, 3.8) is 0 Å². The van der Waals surface area contributed by atoms with Gasteiger partial charge in [-0.15, -0.1) is 0 Å². The molecule has 0 radical (unpaired) electrons. The first-order chi connectivity index (χ1) is 7.73. The summed E-state index contributed by atoms with van der Waals surface area (Å²) < 4.78 is 5.87. The van der Waals surface area contributed by atoms with Crippen molar-refractivity contribution in [1.29, 1.82) is 0 Å². The zero-order valence-electron chi connectivity index (χ0n) is 10.8. The van der Waals surface area contributed by atoms with Crippen LogP contribution in [0.1, 0.15) is 57.6 Å². The summed E-state index contributed by atoms with van der Waals surface area (Å²) in [6.45, 7) is 9.39. The van der Waals surface area contributed by atoms with Crippen LogP contribution in [0.5, 0.6) is 5.75 Å². The van der Waals surface area contributed by atoms with E-state index in [-0.39, 0.29) is 0 Å². The Bertz CT molecular complexity index is 375. The summed E-state index contributed by atoms with van der Waals surface area (Å²) in [5.41, 5.74) is 3.29. The molecule has 88 valence electrons. The van der Waals surface area contributed by atoms with E-state index in [4.69, 9.17) is 4.74 Å². The Hall–Kier alpha value is -0.980. The molecule has 1 nitrogen and oxygen atoms in total. The molecular weight excluding hydrogens is 196 g/mol. The topological polar surface area (TPSA) is 9.23 Å². The van der Waals surface area contributed by atoms with E-state index in [0.29, 0.717) is 11.3 Å². The molecule has 0 N–H and O–H groups in total. The lowest BCUT2D eigenvalue weighted by atomic mass is 9.93. The minimum atomic E-state index is 0.431. The van der Waals surface area contributed by atoms with Gasteiger partial charge in [0, 0.05) is 11.0 Å². The molecule has 0 bridgehead atoms. The Morgan fingerprint density at radius 3 is 2.44 bits per heavy atom. The average Bonchev–Trinajstić information content (AvgIpc) is 2.99. The minimum absolute atomic E-state index is 0.431. The second-order valence-electron chi connectivity index (χ2n) is 4.95. The molecule has 1 fully saturated rings. The highest BCUT2D eigenvalue weighted by atomic mass is 16.5. The standard InChI is InChI=1S/C13H16O.C2H6/c1-9(2)10-4-3-5-11-12(10)14-8-13(11)6-7-13;1-2/h3-5,9H,6-8H2,1-2H3;1-2H3. The Morgan fingerprint density at radius 1 is 1.19 bits per heavy atom.